The van der Waals surface area contributed by atoms with Gasteiger partial charge in [0.2, 0.25) is 5.82 Å². The van der Waals surface area contributed by atoms with Crippen molar-refractivity contribution in [3.05, 3.63) is 11.6 Å². The zero-order chi connectivity index (χ0) is 13.8. The molecular formula is C14H22N4O. The lowest BCUT2D eigenvalue weighted by atomic mass is 9.69. The van der Waals surface area contributed by atoms with Crippen molar-refractivity contribution in [2.45, 2.75) is 53.0 Å². The average molecular weight is 262 g/mol. The highest BCUT2D eigenvalue weighted by Crippen LogP contribution is 2.65. The monoisotopic (exact) mass is 262 g/mol. The smallest absolute Gasteiger partial charge is 0.291 e. The van der Waals surface area contributed by atoms with Gasteiger partial charge in [-0.1, -0.05) is 20.8 Å². The van der Waals surface area contributed by atoms with Crippen molar-refractivity contribution < 1.29 is 4.79 Å². The van der Waals surface area contributed by atoms with Gasteiger partial charge in [-0.3, -0.25) is 9.89 Å². The van der Waals surface area contributed by atoms with Gasteiger partial charge in [0.25, 0.3) is 5.91 Å². The van der Waals surface area contributed by atoms with E-state index in [4.69, 9.17) is 0 Å². The summed E-state index contributed by atoms with van der Waals surface area (Å²) in [6.45, 7) is 8.79. The Bertz CT molecular complexity index is 521. The summed E-state index contributed by atoms with van der Waals surface area (Å²) in [6.07, 6.45) is 3.57. The molecule has 5 nitrogen and oxygen atoms in total. The van der Waals surface area contributed by atoms with Crippen LogP contribution in [-0.2, 0) is 0 Å². The van der Waals surface area contributed by atoms with Crippen LogP contribution < -0.4 is 5.32 Å². The summed E-state index contributed by atoms with van der Waals surface area (Å²) in [7, 11) is 0. The number of carbonyl (C=O) groups is 1. The summed E-state index contributed by atoms with van der Waals surface area (Å²) < 4.78 is 0. The highest BCUT2D eigenvalue weighted by atomic mass is 16.2. The Labute approximate surface area is 113 Å². The first-order chi connectivity index (χ1) is 8.84. The topological polar surface area (TPSA) is 70.7 Å². The van der Waals surface area contributed by atoms with Crippen LogP contribution in [0.15, 0.2) is 0 Å². The minimum Gasteiger partial charge on any atom is -0.346 e. The second-order valence-corrected chi connectivity index (χ2v) is 6.88. The first-order valence-electron chi connectivity index (χ1n) is 7.04. The summed E-state index contributed by atoms with van der Waals surface area (Å²) in [5, 5.41) is 9.80. The maximum Gasteiger partial charge on any atom is 0.291 e. The number of aromatic amines is 1. The Morgan fingerprint density at radius 1 is 1.42 bits per heavy atom. The summed E-state index contributed by atoms with van der Waals surface area (Å²) in [5.74, 6) is 1.49. The molecule has 104 valence electrons. The summed E-state index contributed by atoms with van der Waals surface area (Å²) >= 11 is 0. The molecule has 2 fully saturated rings. The molecule has 0 radical (unpaired) electrons. The number of carbonyl (C=O) groups excluding carboxylic acids is 1. The highest BCUT2D eigenvalue weighted by molar-refractivity contribution is 5.90. The second kappa shape index (κ2) is 3.81. The van der Waals surface area contributed by atoms with Gasteiger partial charge in [-0.15, -0.1) is 5.10 Å². The van der Waals surface area contributed by atoms with Crippen LogP contribution in [0.4, 0.5) is 0 Å². The van der Waals surface area contributed by atoms with Gasteiger partial charge in [-0.05, 0) is 42.9 Å². The molecule has 2 bridgehead atoms. The van der Waals surface area contributed by atoms with E-state index in [0.717, 1.165) is 12.3 Å². The van der Waals surface area contributed by atoms with E-state index in [0.29, 0.717) is 11.2 Å². The van der Waals surface area contributed by atoms with Crippen molar-refractivity contribution in [1.29, 1.82) is 0 Å². The lowest BCUT2D eigenvalue weighted by Crippen LogP contribution is -2.47. The van der Waals surface area contributed by atoms with E-state index in [-0.39, 0.29) is 23.2 Å². The third kappa shape index (κ3) is 1.63. The molecule has 2 aliphatic carbocycles. The van der Waals surface area contributed by atoms with Gasteiger partial charge in [-0.25, -0.2) is 4.98 Å². The molecular weight excluding hydrogens is 240 g/mol. The van der Waals surface area contributed by atoms with E-state index in [2.05, 4.69) is 41.3 Å². The molecule has 2 saturated carbocycles. The van der Waals surface area contributed by atoms with Gasteiger partial charge in [0.15, 0.2) is 0 Å². The SMILES string of the molecule is Cc1nc(C(=O)NC2CC3CCC2(C)C3(C)C)n[nH]1. The van der Waals surface area contributed by atoms with Crippen molar-refractivity contribution in [1.82, 2.24) is 20.5 Å². The van der Waals surface area contributed by atoms with Crippen LogP contribution in [-0.4, -0.2) is 27.1 Å². The fourth-order valence-corrected chi connectivity index (χ4v) is 4.09. The Hall–Kier alpha value is -1.39. The third-order valence-electron chi connectivity index (χ3n) is 5.90. The van der Waals surface area contributed by atoms with Crippen molar-refractivity contribution in [2.75, 3.05) is 0 Å². The molecule has 1 aromatic heterocycles. The number of hydrogen-bond acceptors (Lipinski definition) is 3. The standard InChI is InChI=1S/C14H22N4O/c1-8-15-11(18-17-8)12(19)16-10-7-9-5-6-14(10,4)13(9,2)3/h9-10H,5-7H2,1-4H3,(H,16,19)(H,15,17,18). The van der Waals surface area contributed by atoms with Crippen LogP contribution in [0.2, 0.25) is 0 Å². The van der Waals surface area contributed by atoms with E-state index in [1.807, 2.05) is 0 Å². The van der Waals surface area contributed by atoms with Crippen molar-refractivity contribution in [3.8, 4) is 0 Å². The van der Waals surface area contributed by atoms with Gasteiger partial charge >= 0.3 is 0 Å². The number of nitrogens with one attached hydrogen (secondary N) is 2. The van der Waals surface area contributed by atoms with E-state index < -0.39 is 0 Å². The fourth-order valence-electron chi connectivity index (χ4n) is 4.09. The predicted molar refractivity (Wildman–Crippen MR) is 71.6 cm³/mol. The predicted octanol–water partition coefficient (Wildman–Crippen LogP) is 2.06. The Morgan fingerprint density at radius 2 is 2.16 bits per heavy atom. The minimum absolute atomic E-state index is 0.154. The van der Waals surface area contributed by atoms with E-state index in [1.165, 1.54) is 12.8 Å². The average Bonchev–Trinajstić information content (AvgIpc) is 2.91. The summed E-state index contributed by atoms with van der Waals surface area (Å²) in [6, 6.07) is 0.243. The quantitative estimate of drug-likeness (QED) is 0.857. The molecule has 3 rings (SSSR count). The van der Waals surface area contributed by atoms with Crippen LogP contribution in [0.5, 0.6) is 0 Å². The molecule has 0 aliphatic heterocycles. The number of H-pyrrole nitrogens is 1. The Morgan fingerprint density at radius 3 is 2.63 bits per heavy atom. The second-order valence-electron chi connectivity index (χ2n) is 6.88. The first-order valence-corrected chi connectivity index (χ1v) is 7.04. The Kier molecular flexibility index (Phi) is 2.53. The lowest BCUT2D eigenvalue weighted by Gasteiger charge is -2.39. The molecule has 19 heavy (non-hydrogen) atoms. The van der Waals surface area contributed by atoms with Gasteiger partial charge in [0.1, 0.15) is 5.82 Å². The number of rotatable bonds is 2. The number of fused-ring (bicyclic) bond motifs is 2. The maximum absolute atomic E-state index is 12.2. The third-order valence-corrected chi connectivity index (χ3v) is 5.90. The largest absolute Gasteiger partial charge is 0.346 e. The highest BCUT2D eigenvalue weighted by Gasteiger charge is 2.61. The number of nitrogens with zero attached hydrogens (tertiary/aromatic N) is 2. The van der Waals surface area contributed by atoms with Gasteiger partial charge in [-0.2, -0.15) is 0 Å². The van der Waals surface area contributed by atoms with Crippen LogP contribution in [0, 0.1) is 23.7 Å². The molecule has 2 aliphatic rings. The van der Waals surface area contributed by atoms with E-state index >= 15 is 0 Å². The molecule has 0 saturated heterocycles. The van der Waals surface area contributed by atoms with Gasteiger partial charge in [0, 0.05) is 6.04 Å². The van der Waals surface area contributed by atoms with Crippen molar-refractivity contribution in [2.24, 2.45) is 16.7 Å². The molecule has 1 heterocycles. The number of hydrogen-bond donors (Lipinski definition) is 2. The molecule has 0 aromatic carbocycles. The molecule has 2 N–H and O–H groups in total. The minimum atomic E-state index is -0.154. The zero-order valence-electron chi connectivity index (χ0n) is 12.1. The maximum atomic E-state index is 12.2. The fraction of sp³-hybridized carbons (Fsp3) is 0.786. The van der Waals surface area contributed by atoms with Crippen LogP contribution in [0.3, 0.4) is 0 Å². The molecule has 5 heteroatoms. The molecule has 3 unspecified atom stereocenters. The van der Waals surface area contributed by atoms with E-state index in [9.17, 15) is 4.79 Å². The van der Waals surface area contributed by atoms with Crippen LogP contribution in [0.25, 0.3) is 0 Å². The van der Waals surface area contributed by atoms with Crippen LogP contribution >= 0.6 is 0 Å². The van der Waals surface area contributed by atoms with Gasteiger partial charge < -0.3 is 5.32 Å². The summed E-state index contributed by atoms with van der Waals surface area (Å²) in [5.41, 5.74) is 0.499. The molecule has 3 atom stereocenters. The zero-order valence-corrected chi connectivity index (χ0v) is 12.1. The first kappa shape index (κ1) is 12.6. The van der Waals surface area contributed by atoms with Crippen LogP contribution in [0.1, 0.15) is 56.5 Å². The normalized spacial score (nSPS) is 35.6. The van der Waals surface area contributed by atoms with Crippen molar-refractivity contribution >= 4 is 5.91 Å². The Balaban J connectivity index is 1.77. The van der Waals surface area contributed by atoms with Crippen molar-refractivity contribution in [3.63, 3.8) is 0 Å². The molecule has 1 amide bonds. The number of aromatic nitrogens is 3. The van der Waals surface area contributed by atoms with E-state index in [1.54, 1.807) is 6.92 Å². The molecule has 1 aromatic rings. The number of amides is 1. The number of aryl methyl sites for hydroxylation is 1. The van der Waals surface area contributed by atoms with Gasteiger partial charge in [0.05, 0.1) is 0 Å². The summed E-state index contributed by atoms with van der Waals surface area (Å²) in [4.78, 5) is 16.3. The molecule has 0 spiro atoms. The lowest BCUT2D eigenvalue weighted by molar-refractivity contribution is 0.0817.